The van der Waals surface area contributed by atoms with Gasteiger partial charge in [-0.15, -0.1) is 0 Å². The molecule has 0 unspecified atom stereocenters. The lowest BCUT2D eigenvalue weighted by molar-refractivity contribution is 0.102. The summed E-state index contributed by atoms with van der Waals surface area (Å²) in [5.74, 6) is -0.192. The molecule has 0 atom stereocenters. The normalized spacial score (nSPS) is 15.9. The van der Waals surface area contributed by atoms with E-state index in [2.05, 4.69) is 39.3 Å². The number of imidazole rings is 1. The number of nitrogens with one attached hydrogen (secondary N) is 1. The molecule has 1 amide bonds. The Balaban J connectivity index is 1.39. The van der Waals surface area contributed by atoms with Crippen LogP contribution in [-0.4, -0.2) is 58.3 Å². The number of hydrogen-bond acceptors (Lipinski definition) is 4. The molecule has 1 saturated heterocycles. The van der Waals surface area contributed by atoms with E-state index in [1.165, 1.54) is 5.56 Å². The van der Waals surface area contributed by atoms with Gasteiger partial charge in [0.1, 0.15) is 11.3 Å². The molecular weight excluding hydrogens is 338 g/mol. The highest BCUT2D eigenvalue weighted by molar-refractivity contribution is 6.03. The Morgan fingerprint density at radius 1 is 1.11 bits per heavy atom. The van der Waals surface area contributed by atoms with E-state index in [1.54, 1.807) is 6.20 Å². The van der Waals surface area contributed by atoms with Crippen LogP contribution in [0.4, 0.5) is 5.69 Å². The number of benzene rings is 1. The average Bonchev–Trinajstić information content (AvgIpc) is 3.08. The number of rotatable bonds is 4. The quantitative estimate of drug-likeness (QED) is 0.774. The molecule has 0 aliphatic carbocycles. The zero-order chi connectivity index (χ0) is 18.8. The molecule has 0 saturated carbocycles. The van der Waals surface area contributed by atoms with E-state index in [0.717, 1.165) is 49.6 Å². The maximum atomic E-state index is 12.5. The van der Waals surface area contributed by atoms with E-state index in [0.29, 0.717) is 5.69 Å². The number of pyridine rings is 1. The van der Waals surface area contributed by atoms with E-state index in [1.807, 2.05) is 41.8 Å². The van der Waals surface area contributed by atoms with Gasteiger partial charge in [0.2, 0.25) is 0 Å². The summed E-state index contributed by atoms with van der Waals surface area (Å²) in [6.45, 7) is 7.40. The van der Waals surface area contributed by atoms with Crippen LogP contribution in [0.25, 0.3) is 5.65 Å². The monoisotopic (exact) mass is 363 g/mol. The van der Waals surface area contributed by atoms with Crippen LogP contribution < -0.4 is 5.32 Å². The molecule has 1 aliphatic heterocycles. The van der Waals surface area contributed by atoms with Gasteiger partial charge in [0, 0.05) is 50.8 Å². The second-order valence-corrected chi connectivity index (χ2v) is 7.33. The Labute approximate surface area is 159 Å². The Hall–Kier alpha value is -2.70. The SMILES string of the molecule is Cc1ccn2cc(C(=O)Nc3ccc(CN4CCN(C)CC4)cc3)nc2c1. The van der Waals surface area contributed by atoms with Gasteiger partial charge in [-0.1, -0.05) is 12.1 Å². The fourth-order valence-electron chi connectivity index (χ4n) is 3.35. The fourth-order valence-corrected chi connectivity index (χ4v) is 3.35. The first kappa shape index (κ1) is 17.7. The van der Waals surface area contributed by atoms with Crippen LogP contribution in [0.2, 0.25) is 0 Å². The van der Waals surface area contributed by atoms with Crippen molar-refractivity contribution in [2.75, 3.05) is 38.5 Å². The van der Waals surface area contributed by atoms with Crippen molar-refractivity contribution in [2.45, 2.75) is 13.5 Å². The van der Waals surface area contributed by atoms with Crippen LogP contribution in [0.15, 0.2) is 48.8 Å². The van der Waals surface area contributed by atoms with E-state index in [4.69, 9.17) is 0 Å². The van der Waals surface area contributed by atoms with Crippen LogP contribution in [0, 0.1) is 6.92 Å². The minimum absolute atomic E-state index is 0.192. The predicted molar refractivity (Wildman–Crippen MR) is 107 cm³/mol. The van der Waals surface area contributed by atoms with Gasteiger partial charge in [-0.05, 0) is 49.4 Å². The van der Waals surface area contributed by atoms with Crippen molar-refractivity contribution in [2.24, 2.45) is 0 Å². The number of nitrogens with zero attached hydrogens (tertiary/aromatic N) is 4. The molecule has 3 aromatic rings. The maximum Gasteiger partial charge on any atom is 0.275 e. The van der Waals surface area contributed by atoms with Crippen molar-refractivity contribution in [3.05, 3.63) is 65.6 Å². The predicted octanol–water partition coefficient (Wildman–Crippen LogP) is 2.64. The number of carbonyl (C=O) groups is 1. The molecule has 27 heavy (non-hydrogen) atoms. The Bertz CT molecular complexity index is 939. The van der Waals surface area contributed by atoms with Gasteiger partial charge in [-0.2, -0.15) is 0 Å². The first-order valence-corrected chi connectivity index (χ1v) is 9.33. The van der Waals surface area contributed by atoms with Gasteiger partial charge in [-0.25, -0.2) is 4.98 Å². The summed E-state index contributed by atoms with van der Waals surface area (Å²) in [4.78, 5) is 21.7. The standard InChI is InChI=1S/C21H25N5O/c1-16-7-8-26-15-19(23-20(26)13-16)21(27)22-18-5-3-17(4-6-18)14-25-11-9-24(2)10-12-25/h3-8,13,15H,9-12,14H2,1-2H3,(H,22,27). The molecule has 1 aliphatic rings. The molecule has 6 nitrogen and oxygen atoms in total. The second-order valence-electron chi connectivity index (χ2n) is 7.33. The molecule has 1 N–H and O–H groups in total. The molecule has 0 spiro atoms. The van der Waals surface area contributed by atoms with E-state index < -0.39 is 0 Å². The summed E-state index contributed by atoms with van der Waals surface area (Å²) >= 11 is 0. The number of likely N-dealkylation sites (N-methyl/N-ethyl adjacent to an activating group) is 1. The Kier molecular flexibility index (Phi) is 4.92. The van der Waals surface area contributed by atoms with E-state index >= 15 is 0 Å². The first-order valence-electron chi connectivity index (χ1n) is 9.33. The summed E-state index contributed by atoms with van der Waals surface area (Å²) < 4.78 is 1.86. The summed E-state index contributed by atoms with van der Waals surface area (Å²) in [5, 5.41) is 2.94. The molecular formula is C21H25N5O. The lowest BCUT2D eigenvalue weighted by atomic mass is 10.1. The lowest BCUT2D eigenvalue weighted by Crippen LogP contribution is -2.43. The van der Waals surface area contributed by atoms with Gasteiger partial charge < -0.3 is 14.6 Å². The number of amides is 1. The summed E-state index contributed by atoms with van der Waals surface area (Å²) in [6.07, 6.45) is 3.67. The third-order valence-corrected chi connectivity index (χ3v) is 5.06. The number of aromatic nitrogens is 2. The molecule has 0 bridgehead atoms. The minimum Gasteiger partial charge on any atom is -0.321 e. The van der Waals surface area contributed by atoms with Gasteiger partial charge in [-0.3, -0.25) is 9.69 Å². The van der Waals surface area contributed by atoms with E-state index in [-0.39, 0.29) is 5.91 Å². The summed E-state index contributed by atoms with van der Waals surface area (Å²) in [5.41, 5.74) is 4.37. The number of anilines is 1. The lowest BCUT2D eigenvalue weighted by Gasteiger charge is -2.32. The van der Waals surface area contributed by atoms with Crippen LogP contribution in [0.3, 0.4) is 0 Å². The van der Waals surface area contributed by atoms with Crippen molar-refractivity contribution in [3.63, 3.8) is 0 Å². The minimum atomic E-state index is -0.192. The van der Waals surface area contributed by atoms with Gasteiger partial charge in [0.25, 0.3) is 5.91 Å². The Morgan fingerprint density at radius 3 is 2.59 bits per heavy atom. The van der Waals surface area contributed by atoms with Gasteiger partial charge >= 0.3 is 0 Å². The number of aryl methyl sites for hydroxylation is 1. The average molecular weight is 363 g/mol. The van der Waals surface area contributed by atoms with Gasteiger partial charge in [0.05, 0.1) is 0 Å². The van der Waals surface area contributed by atoms with E-state index in [9.17, 15) is 4.79 Å². The molecule has 6 heteroatoms. The zero-order valence-corrected chi connectivity index (χ0v) is 15.9. The molecule has 2 aromatic heterocycles. The first-order chi connectivity index (χ1) is 13.1. The molecule has 0 radical (unpaired) electrons. The van der Waals surface area contributed by atoms with Crippen LogP contribution in [0.1, 0.15) is 21.6 Å². The van der Waals surface area contributed by atoms with Crippen molar-refractivity contribution >= 4 is 17.2 Å². The summed E-state index contributed by atoms with van der Waals surface area (Å²) in [7, 11) is 2.17. The van der Waals surface area contributed by atoms with Crippen LogP contribution >= 0.6 is 0 Å². The van der Waals surface area contributed by atoms with Crippen LogP contribution in [0.5, 0.6) is 0 Å². The number of fused-ring (bicyclic) bond motifs is 1. The van der Waals surface area contributed by atoms with Crippen molar-refractivity contribution < 1.29 is 4.79 Å². The highest BCUT2D eigenvalue weighted by atomic mass is 16.1. The molecule has 1 aromatic carbocycles. The van der Waals surface area contributed by atoms with Gasteiger partial charge in [0.15, 0.2) is 0 Å². The van der Waals surface area contributed by atoms with Crippen molar-refractivity contribution in [3.8, 4) is 0 Å². The number of carbonyl (C=O) groups excluding carboxylic acids is 1. The molecule has 140 valence electrons. The number of piperazine rings is 1. The van der Waals surface area contributed by atoms with Crippen LogP contribution in [-0.2, 0) is 6.54 Å². The highest BCUT2D eigenvalue weighted by Gasteiger charge is 2.14. The topological polar surface area (TPSA) is 52.9 Å². The molecule has 1 fully saturated rings. The van der Waals surface area contributed by atoms with Crippen molar-refractivity contribution in [1.82, 2.24) is 19.2 Å². The molecule has 4 rings (SSSR count). The van der Waals surface area contributed by atoms with Crippen molar-refractivity contribution in [1.29, 1.82) is 0 Å². The number of hydrogen-bond donors (Lipinski definition) is 1. The highest BCUT2D eigenvalue weighted by Crippen LogP contribution is 2.14. The third kappa shape index (κ3) is 4.18. The summed E-state index contributed by atoms with van der Waals surface area (Å²) in [6, 6.07) is 12.0. The second kappa shape index (κ2) is 7.50. The third-order valence-electron chi connectivity index (χ3n) is 5.06. The fraction of sp³-hybridized carbons (Fsp3) is 0.333. The maximum absolute atomic E-state index is 12.5. The smallest absolute Gasteiger partial charge is 0.275 e. The zero-order valence-electron chi connectivity index (χ0n) is 15.9. The Morgan fingerprint density at radius 2 is 1.85 bits per heavy atom. The largest absolute Gasteiger partial charge is 0.321 e. The molecule has 3 heterocycles.